The first-order valence-corrected chi connectivity index (χ1v) is 6.51. The van der Waals surface area contributed by atoms with E-state index >= 15 is 0 Å². The van der Waals surface area contributed by atoms with Gasteiger partial charge in [0.05, 0.1) is 18.5 Å². The van der Waals surface area contributed by atoms with Gasteiger partial charge in [-0.2, -0.15) is 5.10 Å². The quantitative estimate of drug-likeness (QED) is 0.809. The minimum atomic E-state index is 0.724. The van der Waals surface area contributed by atoms with Crippen LogP contribution in [0.25, 0.3) is 5.69 Å². The van der Waals surface area contributed by atoms with Gasteiger partial charge in [-0.25, -0.2) is 4.68 Å². The number of benzene rings is 1. The van der Waals surface area contributed by atoms with E-state index in [4.69, 9.17) is 4.74 Å². The molecule has 4 nitrogen and oxygen atoms in total. The summed E-state index contributed by atoms with van der Waals surface area (Å²) in [5.41, 5.74) is 4.80. The summed E-state index contributed by atoms with van der Waals surface area (Å²) in [6.45, 7) is 6.55. The lowest BCUT2D eigenvalue weighted by molar-refractivity contribution is 0.199. The summed E-state index contributed by atoms with van der Waals surface area (Å²) >= 11 is 0. The van der Waals surface area contributed by atoms with Gasteiger partial charge in [0.25, 0.3) is 0 Å². The first-order valence-electron chi connectivity index (χ1n) is 6.51. The third kappa shape index (κ3) is 3.66. The molecule has 2 rings (SSSR count). The maximum Gasteiger partial charge on any atom is 0.0690 e. The van der Waals surface area contributed by atoms with Crippen LogP contribution >= 0.6 is 0 Å². The average Bonchev–Trinajstić information content (AvgIpc) is 2.81. The highest BCUT2D eigenvalue weighted by Gasteiger charge is 2.06. The molecule has 0 spiro atoms. The summed E-state index contributed by atoms with van der Waals surface area (Å²) in [5, 5.41) is 7.77. The van der Waals surface area contributed by atoms with Crippen LogP contribution in [0.15, 0.2) is 30.6 Å². The zero-order valence-corrected chi connectivity index (χ0v) is 11.8. The summed E-state index contributed by atoms with van der Waals surface area (Å²) in [4.78, 5) is 0. The van der Waals surface area contributed by atoms with E-state index in [0.29, 0.717) is 0 Å². The molecule has 0 unspecified atom stereocenters. The monoisotopic (exact) mass is 259 g/mol. The van der Waals surface area contributed by atoms with Gasteiger partial charge in [0.15, 0.2) is 0 Å². The van der Waals surface area contributed by atoms with Gasteiger partial charge < -0.3 is 10.1 Å². The molecule has 4 heteroatoms. The van der Waals surface area contributed by atoms with Crippen LogP contribution in [0.1, 0.15) is 16.7 Å². The summed E-state index contributed by atoms with van der Waals surface area (Å²) in [5.74, 6) is 0. The van der Waals surface area contributed by atoms with E-state index in [-0.39, 0.29) is 0 Å². The standard InChI is InChI=1S/C15H21N3O/c1-12-4-5-15(18-11-13(2)9-17-18)14(8-12)10-16-6-7-19-3/h4-5,8-9,11,16H,6-7,10H2,1-3H3. The third-order valence-electron chi connectivity index (χ3n) is 2.99. The zero-order chi connectivity index (χ0) is 13.7. The molecule has 0 bridgehead atoms. The number of nitrogens with one attached hydrogen (secondary N) is 1. The molecule has 19 heavy (non-hydrogen) atoms. The van der Waals surface area contributed by atoms with Crippen LogP contribution in [-0.4, -0.2) is 30.0 Å². The lowest BCUT2D eigenvalue weighted by Crippen LogP contribution is -2.19. The minimum Gasteiger partial charge on any atom is -0.383 e. The summed E-state index contributed by atoms with van der Waals surface area (Å²) in [7, 11) is 1.71. The van der Waals surface area contributed by atoms with Crippen molar-refractivity contribution in [3.8, 4) is 5.69 Å². The normalized spacial score (nSPS) is 10.9. The molecule has 2 aromatic rings. The fraction of sp³-hybridized carbons (Fsp3) is 0.400. The maximum atomic E-state index is 5.04. The van der Waals surface area contributed by atoms with Crippen molar-refractivity contribution in [2.45, 2.75) is 20.4 Å². The molecule has 0 aliphatic carbocycles. The lowest BCUT2D eigenvalue weighted by atomic mass is 10.1. The van der Waals surface area contributed by atoms with Crippen molar-refractivity contribution < 1.29 is 4.74 Å². The number of aromatic nitrogens is 2. The van der Waals surface area contributed by atoms with Crippen molar-refractivity contribution in [3.63, 3.8) is 0 Å². The number of hydrogen-bond acceptors (Lipinski definition) is 3. The van der Waals surface area contributed by atoms with E-state index in [1.807, 2.05) is 24.0 Å². The average molecular weight is 259 g/mol. The summed E-state index contributed by atoms with van der Waals surface area (Å²) < 4.78 is 6.97. The van der Waals surface area contributed by atoms with Crippen LogP contribution in [0.2, 0.25) is 0 Å². The fourth-order valence-electron chi connectivity index (χ4n) is 2.02. The van der Waals surface area contributed by atoms with Gasteiger partial charge >= 0.3 is 0 Å². The van der Waals surface area contributed by atoms with Crippen molar-refractivity contribution >= 4 is 0 Å². The van der Waals surface area contributed by atoms with E-state index in [1.54, 1.807) is 7.11 Å². The van der Waals surface area contributed by atoms with E-state index in [9.17, 15) is 0 Å². The molecule has 0 aliphatic heterocycles. The topological polar surface area (TPSA) is 39.1 Å². The highest BCUT2D eigenvalue weighted by molar-refractivity contribution is 5.43. The Labute approximate surface area is 114 Å². The Kier molecular flexibility index (Phi) is 4.71. The Morgan fingerprint density at radius 3 is 2.79 bits per heavy atom. The minimum absolute atomic E-state index is 0.724. The zero-order valence-electron chi connectivity index (χ0n) is 11.8. The smallest absolute Gasteiger partial charge is 0.0690 e. The Bertz CT molecular complexity index is 534. The van der Waals surface area contributed by atoms with E-state index in [1.165, 1.54) is 16.7 Å². The van der Waals surface area contributed by atoms with Crippen LogP contribution in [0.5, 0.6) is 0 Å². The third-order valence-corrected chi connectivity index (χ3v) is 2.99. The maximum absolute atomic E-state index is 5.04. The number of methoxy groups -OCH3 is 1. The van der Waals surface area contributed by atoms with E-state index < -0.39 is 0 Å². The van der Waals surface area contributed by atoms with Gasteiger partial charge in [0.1, 0.15) is 0 Å². The molecule has 0 fully saturated rings. The number of hydrogen-bond donors (Lipinski definition) is 1. The fourth-order valence-corrected chi connectivity index (χ4v) is 2.02. The molecule has 0 atom stereocenters. The number of rotatable bonds is 6. The second kappa shape index (κ2) is 6.50. The van der Waals surface area contributed by atoms with Gasteiger partial charge in [-0.3, -0.25) is 0 Å². The summed E-state index contributed by atoms with van der Waals surface area (Å²) in [6.07, 6.45) is 3.92. The van der Waals surface area contributed by atoms with Crippen molar-refractivity contribution in [2.75, 3.05) is 20.3 Å². The van der Waals surface area contributed by atoms with Gasteiger partial charge in [-0.1, -0.05) is 17.7 Å². The van der Waals surface area contributed by atoms with Crippen molar-refractivity contribution in [1.29, 1.82) is 0 Å². The Hall–Kier alpha value is -1.65. The Balaban J connectivity index is 2.18. The van der Waals surface area contributed by atoms with Gasteiger partial charge in [-0.05, 0) is 31.0 Å². The van der Waals surface area contributed by atoms with Crippen molar-refractivity contribution in [3.05, 3.63) is 47.3 Å². The molecule has 0 saturated carbocycles. The Morgan fingerprint density at radius 1 is 1.26 bits per heavy atom. The predicted octanol–water partition coefficient (Wildman–Crippen LogP) is 2.23. The SMILES string of the molecule is COCCNCc1cc(C)ccc1-n1cc(C)cn1. The molecule has 0 amide bonds. The van der Waals surface area contributed by atoms with E-state index in [2.05, 4.69) is 35.5 Å². The molecule has 1 aromatic heterocycles. The number of nitrogens with zero attached hydrogens (tertiary/aromatic N) is 2. The number of aryl methyl sites for hydroxylation is 2. The molecule has 102 valence electrons. The van der Waals surface area contributed by atoms with E-state index in [0.717, 1.165) is 25.4 Å². The highest BCUT2D eigenvalue weighted by atomic mass is 16.5. The first kappa shape index (κ1) is 13.8. The lowest BCUT2D eigenvalue weighted by Gasteiger charge is -2.11. The molecular formula is C15H21N3O. The molecule has 0 saturated heterocycles. The van der Waals surface area contributed by atoms with Crippen molar-refractivity contribution in [2.24, 2.45) is 0 Å². The summed E-state index contributed by atoms with van der Waals surface area (Å²) in [6, 6.07) is 6.44. The van der Waals surface area contributed by atoms with Crippen LogP contribution < -0.4 is 5.32 Å². The first-order chi connectivity index (χ1) is 9.20. The molecule has 0 radical (unpaired) electrons. The molecule has 1 aromatic carbocycles. The largest absolute Gasteiger partial charge is 0.383 e. The van der Waals surface area contributed by atoms with Gasteiger partial charge in [-0.15, -0.1) is 0 Å². The van der Waals surface area contributed by atoms with Crippen LogP contribution in [0, 0.1) is 13.8 Å². The highest BCUT2D eigenvalue weighted by Crippen LogP contribution is 2.16. The second-order valence-corrected chi connectivity index (χ2v) is 4.76. The molecule has 1 N–H and O–H groups in total. The van der Waals surface area contributed by atoms with Crippen LogP contribution in [0.4, 0.5) is 0 Å². The Morgan fingerprint density at radius 2 is 2.11 bits per heavy atom. The molecule has 0 aliphatic rings. The van der Waals surface area contributed by atoms with Crippen LogP contribution in [-0.2, 0) is 11.3 Å². The second-order valence-electron chi connectivity index (χ2n) is 4.76. The van der Waals surface area contributed by atoms with Gasteiger partial charge in [0, 0.05) is 26.4 Å². The predicted molar refractivity (Wildman–Crippen MR) is 76.6 cm³/mol. The van der Waals surface area contributed by atoms with Crippen LogP contribution in [0.3, 0.4) is 0 Å². The van der Waals surface area contributed by atoms with Crippen molar-refractivity contribution in [1.82, 2.24) is 15.1 Å². The molecular weight excluding hydrogens is 238 g/mol. The van der Waals surface area contributed by atoms with Gasteiger partial charge in [0.2, 0.25) is 0 Å². The number of ether oxygens (including phenoxy) is 1. The molecule has 1 heterocycles.